The molecule has 13 heavy (non-hydrogen) atoms. The Labute approximate surface area is 82.3 Å². The fourth-order valence-corrected chi connectivity index (χ4v) is 1.93. The summed E-state index contributed by atoms with van der Waals surface area (Å²) in [4.78, 5) is 2.54. The van der Waals surface area contributed by atoms with E-state index in [9.17, 15) is 0 Å². The van der Waals surface area contributed by atoms with Gasteiger partial charge < -0.3 is 4.74 Å². The second kappa shape index (κ2) is 4.43. The van der Waals surface area contributed by atoms with Gasteiger partial charge in [0.25, 0.3) is 0 Å². The minimum absolute atomic E-state index is 0.409. The van der Waals surface area contributed by atoms with Gasteiger partial charge in [-0.3, -0.25) is 4.90 Å². The molecule has 0 aromatic heterocycles. The molecule has 0 saturated carbocycles. The SMILES string of the molecule is CC1CN(C(C)C)C(C)COC1C. The molecule has 0 aliphatic carbocycles. The molecule has 0 amide bonds. The molecule has 0 aromatic rings. The minimum atomic E-state index is 0.409. The van der Waals surface area contributed by atoms with Gasteiger partial charge in [0.2, 0.25) is 0 Å². The van der Waals surface area contributed by atoms with Crippen molar-refractivity contribution in [3.05, 3.63) is 0 Å². The number of hydrogen-bond donors (Lipinski definition) is 0. The van der Waals surface area contributed by atoms with E-state index in [1.54, 1.807) is 0 Å². The summed E-state index contributed by atoms with van der Waals surface area (Å²) < 4.78 is 5.77. The summed E-state index contributed by atoms with van der Waals surface area (Å²) in [5, 5.41) is 0. The van der Waals surface area contributed by atoms with E-state index in [4.69, 9.17) is 4.74 Å². The van der Waals surface area contributed by atoms with E-state index in [1.165, 1.54) is 6.54 Å². The molecule has 2 heteroatoms. The van der Waals surface area contributed by atoms with Crippen molar-refractivity contribution in [2.24, 2.45) is 5.92 Å². The van der Waals surface area contributed by atoms with Gasteiger partial charge in [0, 0.05) is 18.6 Å². The van der Waals surface area contributed by atoms with Gasteiger partial charge in [-0.25, -0.2) is 0 Å². The molecule has 1 aliphatic rings. The van der Waals surface area contributed by atoms with Gasteiger partial charge in [0.1, 0.15) is 0 Å². The molecule has 1 heterocycles. The Balaban J connectivity index is 2.62. The van der Waals surface area contributed by atoms with Crippen LogP contribution in [0, 0.1) is 5.92 Å². The molecule has 0 radical (unpaired) electrons. The van der Waals surface area contributed by atoms with Crippen LogP contribution in [0.15, 0.2) is 0 Å². The average Bonchev–Trinajstić information content (AvgIpc) is 2.18. The first-order valence-corrected chi connectivity index (χ1v) is 5.39. The Hall–Kier alpha value is -0.0800. The van der Waals surface area contributed by atoms with Gasteiger partial charge >= 0.3 is 0 Å². The molecule has 78 valence electrons. The maximum atomic E-state index is 5.77. The zero-order valence-electron chi connectivity index (χ0n) is 9.58. The monoisotopic (exact) mass is 185 g/mol. The second-order valence-electron chi connectivity index (χ2n) is 4.66. The van der Waals surface area contributed by atoms with Crippen molar-refractivity contribution in [2.45, 2.75) is 52.8 Å². The third-order valence-electron chi connectivity index (χ3n) is 3.13. The molecule has 1 fully saturated rings. The highest BCUT2D eigenvalue weighted by Crippen LogP contribution is 2.18. The first-order valence-electron chi connectivity index (χ1n) is 5.39. The van der Waals surface area contributed by atoms with Crippen molar-refractivity contribution in [1.29, 1.82) is 0 Å². The lowest BCUT2D eigenvalue weighted by Gasteiger charge is -2.31. The quantitative estimate of drug-likeness (QED) is 0.620. The van der Waals surface area contributed by atoms with Crippen molar-refractivity contribution in [3.8, 4) is 0 Å². The van der Waals surface area contributed by atoms with E-state index in [1.807, 2.05) is 0 Å². The summed E-state index contributed by atoms with van der Waals surface area (Å²) in [5.41, 5.74) is 0. The normalized spacial score (nSPS) is 37.8. The van der Waals surface area contributed by atoms with E-state index >= 15 is 0 Å². The summed E-state index contributed by atoms with van der Waals surface area (Å²) in [6.45, 7) is 13.3. The van der Waals surface area contributed by atoms with Crippen LogP contribution in [0.4, 0.5) is 0 Å². The van der Waals surface area contributed by atoms with Crippen LogP contribution >= 0.6 is 0 Å². The lowest BCUT2D eigenvalue weighted by molar-refractivity contribution is 0.0375. The zero-order valence-corrected chi connectivity index (χ0v) is 9.58. The molecule has 2 nitrogen and oxygen atoms in total. The smallest absolute Gasteiger partial charge is 0.0623 e. The van der Waals surface area contributed by atoms with Crippen LogP contribution in [0.3, 0.4) is 0 Å². The van der Waals surface area contributed by atoms with E-state index in [2.05, 4.69) is 39.5 Å². The van der Waals surface area contributed by atoms with Gasteiger partial charge in [0.15, 0.2) is 0 Å². The maximum Gasteiger partial charge on any atom is 0.0623 e. The lowest BCUT2D eigenvalue weighted by Crippen LogP contribution is -2.41. The van der Waals surface area contributed by atoms with Crippen LogP contribution in [-0.2, 0) is 4.74 Å². The lowest BCUT2D eigenvalue weighted by atomic mass is 10.1. The predicted octanol–water partition coefficient (Wildman–Crippen LogP) is 2.14. The first kappa shape index (κ1) is 11.0. The Morgan fingerprint density at radius 1 is 1.23 bits per heavy atom. The molecule has 0 spiro atoms. The molecular formula is C11H23NO. The Morgan fingerprint density at radius 2 is 1.85 bits per heavy atom. The molecule has 0 bridgehead atoms. The number of rotatable bonds is 1. The van der Waals surface area contributed by atoms with Crippen molar-refractivity contribution < 1.29 is 4.74 Å². The average molecular weight is 185 g/mol. The third kappa shape index (κ3) is 2.68. The van der Waals surface area contributed by atoms with E-state index < -0.39 is 0 Å². The topological polar surface area (TPSA) is 12.5 Å². The number of hydrogen-bond acceptors (Lipinski definition) is 2. The van der Waals surface area contributed by atoms with Crippen LogP contribution < -0.4 is 0 Å². The van der Waals surface area contributed by atoms with Gasteiger partial charge in [-0.15, -0.1) is 0 Å². The van der Waals surface area contributed by atoms with Crippen molar-refractivity contribution in [3.63, 3.8) is 0 Å². The standard InChI is InChI=1S/C11H23NO/c1-8(2)12-6-9(3)11(5)13-7-10(12)4/h8-11H,6-7H2,1-5H3. The molecule has 1 aliphatic heterocycles. The van der Waals surface area contributed by atoms with Crippen molar-refractivity contribution in [2.75, 3.05) is 13.2 Å². The fraction of sp³-hybridized carbons (Fsp3) is 1.00. The van der Waals surface area contributed by atoms with Crippen molar-refractivity contribution >= 4 is 0 Å². The molecule has 3 unspecified atom stereocenters. The molecule has 1 saturated heterocycles. The Kier molecular flexibility index (Phi) is 3.74. The molecule has 1 rings (SSSR count). The van der Waals surface area contributed by atoms with Crippen LogP contribution in [0.2, 0.25) is 0 Å². The molecule has 0 aromatic carbocycles. The van der Waals surface area contributed by atoms with Gasteiger partial charge in [-0.2, -0.15) is 0 Å². The van der Waals surface area contributed by atoms with Crippen LogP contribution in [0.1, 0.15) is 34.6 Å². The largest absolute Gasteiger partial charge is 0.377 e. The molecule has 0 N–H and O–H groups in total. The van der Waals surface area contributed by atoms with Gasteiger partial charge in [0.05, 0.1) is 12.7 Å². The van der Waals surface area contributed by atoms with Gasteiger partial charge in [-0.1, -0.05) is 6.92 Å². The van der Waals surface area contributed by atoms with Crippen LogP contribution in [0.25, 0.3) is 0 Å². The highest BCUT2D eigenvalue weighted by atomic mass is 16.5. The molecule has 3 atom stereocenters. The highest BCUT2D eigenvalue weighted by molar-refractivity contribution is 4.78. The number of ether oxygens (including phenoxy) is 1. The highest BCUT2D eigenvalue weighted by Gasteiger charge is 2.26. The minimum Gasteiger partial charge on any atom is -0.377 e. The van der Waals surface area contributed by atoms with Crippen LogP contribution in [-0.4, -0.2) is 36.2 Å². The zero-order chi connectivity index (χ0) is 10.0. The second-order valence-corrected chi connectivity index (χ2v) is 4.66. The van der Waals surface area contributed by atoms with E-state index in [0.29, 0.717) is 24.1 Å². The summed E-state index contributed by atoms with van der Waals surface area (Å²) in [5.74, 6) is 0.646. The van der Waals surface area contributed by atoms with E-state index in [-0.39, 0.29) is 0 Å². The Bertz CT molecular complexity index is 158. The third-order valence-corrected chi connectivity index (χ3v) is 3.13. The first-order chi connectivity index (χ1) is 6.02. The maximum absolute atomic E-state index is 5.77. The van der Waals surface area contributed by atoms with Gasteiger partial charge in [-0.05, 0) is 33.6 Å². The molecular weight excluding hydrogens is 162 g/mol. The summed E-state index contributed by atoms with van der Waals surface area (Å²) in [6.07, 6.45) is 0.409. The number of nitrogens with zero attached hydrogens (tertiary/aromatic N) is 1. The van der Waals surface area contributed by atoms with E-state index in [0.717, 1.165) is 6.61 Å². The van der Waals surface area contributed by atoms with Crippen LogP contribution in [0.5, 0.6) is 0 Å². The predicted molar refractivity (Wildman–Crippen MR) is 55.9 cm³/mol. The summed E-state index contributed by atoms with van der Waals surface area (Å²) >= 11 is 0. The Morgan fingerprint density at radius 3 is 2.38 bits per heavy atom. The summed E-state index contributed by atoms with van der Waals surface area (Å²) in [6, 6.07) is 1.19. The fourth-order valence-electron chi connectivity index (χ4n) is 1.93. The van der Waals surface area contributed by atoms with Crippen molar-refractivity contribution in [1.82, 2.24) is 4.90 Å². The summed E-state index contributed by atoms with van der Waals surface area (Å²) in [7, 11) is 0.